The second-order valence-corrected chi connectivity index (χ2v) is 7.49. The molecule has 1 fully saturated rings. The standard InChI is InChI=1S/C20H21ClF4N4O2/c1-31-15-4-2-3-13(16(15)21)19(30)28-11-14(29-7-5-20(24,25)6-8-29)12-9-26-18(17(22)23)27-10-12/h2-4,9-10,14,17H,5-8,11H2,1H3,(H,28,30). The molecule has 2 aromatic rings. The Morgan fingerprint density at radius 3 is 2.48 bits per heavy atom. The highest BCUT2D eigenvalue weighted by molar-refractivity contribution is 6.35. The van der Waals surface area contributed by atoms with E-state index in [0.29, 0.717) is 11.3 Å². The molecule has 2 heterocycles. The van der Waals surface area contributed by atoms with Gasteiger partial charge in [0.15, 0.2) is 5.82 Å². The molecule has 1 saturated heterocycles. The molecule has 0 bridgehead atoms. The zero-order valence-electron chi connectivity index (χ0n) is 16.6. The predicted molar refractivity (Wildman–Crippen MR) is 106 cm³/mol. The number of likely N-dealkylation sites (tertiary alicyclic amines) is 1. The molecule has 1 aromatic heterocycles. The molecule has 0 saturated carbocycles. The van der Waals surface area contributed by atoms with Crippen molar-refractivity contribution in [3.05, 3.63) is 52.6 Å². The first kappa shape index (κ1) is 23.2. The molecule has 1 aliphatic rings. The maximum Gasteiger partial charge on any atom is 0.297 e. The first-order chi connectivity index (χ1) is 14.7. The highest BCUT2D eigenvalue weighted by Crippen LogP contribution is 2.32. The average molecular weight is 461 g/mol. The third kappa shape index (κ3) is 5.62. The van der Waals surface area contributed by atoms with E-state index < -0.39 is 30.1 Å². The fourth-order valence-electron chi connectivity index (χ4n) is 3.38. The molecule has 1 aliphatic heterocycles. The summed E-state index contributed by atoms with van der Waals surface area (Å²) in [5, 5.41) is 2.87. The Labute approximate surface area is 181 Å². The number of hydrogen-bond acceptors (Lipinski definition) is 5. The Kier molecular flexibility index (Phi) is 7.32. The van der Waals surface area contributed by atoms with Gasteiger partial charge in [-0.3, -0.25) is 9.69 Å². The summed E-state index contributed by atoms with van der Waals surface area (Å²) < 4.78 is 57.9. The topological polar surface area (TPSA) is 67.3 Å². The highest BCUT2D eigenvalue weighted by atomic mass is 35.5. The predicted octanol–water partition coefficient (Wildman–Crippen LogP) is 4.28. The third-order valence-corrected chi connectivity index (χ3v) is 5.52. The van der Waals surface area contributed by atoms with Crippen LogP contribution in [-0.2, 0) is 0 Å². The van der Waals surface area contributed by atoms with Crippen LogP contribution in [-0.4, -0.2) is 53.4 Å². The second-order valence-electron chi connectivity index (χ2n) is 7.11. The molecule has 6 nitrogen and oxygen atoms in total. The van der Waals surface area contributed by atoms with E-state index >= 15 is 0 Å². The van der Waals surface area contributed by atoms with Gasteiger partial charge in [-0.25, -0.2) is 27.5 Å². The van der Waals surface area contributed by atoms with E-state index in [4.69, 9.17) is 16.3 Å². The summed E-state index contributed by atoms with van der Waals surface area (Å²) in [6.07, 6.45) is -1.03. The van der Waals surface area contributed by atoms with Gasteiger partial charge in [0.1, 0.15) is 5.75 Å². The molecule has 168 valence electrons. The van der Waals surface area contributed by atoms with Gasteiger partial charge < -0.3 is 10.1 Å². The summed E-state index contributed by atoms with van der Waals surface area (Å²) in [6, 6.07) is 4.17. The summed E-state index contributed by atoms with van der Waals surface area (Å²) in [6.45, 7) is 0.170. The number of ether oxygens (including phenoxy) is 1. The number of alkyl halides is 4. The Morgan fingerprint density at radius 1 is 1.26 bits per heavy atom. The van der Waals surface area contributed by atoms with Crippen molar-refractivity contribution in [1.29, 1.82) is 0 Å². The minimum Gasteiger partial charge on any atom is -0.495 e. The van der Waals surface area contributed by atoms with E-state index in [9.17, 15) is 22.4 Å². The summed E-state index contributed by atoms with van der Waals surface area (Å²) in [4.78, 5) is 21.8. The van der Waals surface area contributed by atoms with Crippen LogP contribution in [0.25, 0.3) is 0 Å². The third-order valence-electron chi connectivity index (χ3n) is 5.13. The monoisotopic (exact) mass is 460 g/mol. The Balaban J connectivity index is 1.79. The lowest BCUT2D eigenvalue weighted by Crippen LogP contribution is -2.45. The van der Waals surface area contributed by atoms with Crippen LogP contribution >= 0.6 is 11.6 Å². The number of methoxy groups -OCH3 is 1. The fourth-order valence-corrected chi connectivity index (χ4v) is 3.67. The molecule has 1 N–H and O–H groups in total. The molecular formula is C20H21ClF4N4O2. The van der Waals surface area contributed by atoms with Crippen LogP contribution in [0.1, 0.15) is 47.1 Å². The van der Waals surface area contributed by atoms with Crippen molar-refractivity contribution in [2.45, 2.75) is 31.2 Å². The number of hydrogen-bond donors (Lipinski definition) is 1. The van der Waals surface area contributed by atoms with E-state index in [1.807, 2.05) is 0 Å². The minimum absolute atomic E-state index is 0.0231. The van der Waals surface area contributed by atoms with Gasteiger partial charge in [-0.15, -0.1) is 0 Å². The number of nitrogens with zero attached hydrogens (tertiary/aromatic N) is 3. The first-order valence-corrected chi connectivity index (χ1v) is 9.92. The lowest BCUT2D eigenvalue weighted by atomic mass is 10.0. The zero-order chi connectivity index (χ0) is 22.6. The van der Waals surface area contributed by atoms with E-state index in [2.05, 4.69) is 15.3 Å². The number of halogens is 5. The van der Waals surface area contributed by atoms with Gasteiger partial charge in [-0.2, -0.15) is 0 Å². The SMILES string of the molecule is COc1cccc(C(=O)NCC(c2cnc(C(F)F)nc2)N2CCC(F)(F)CC2)c1Cl. The maximum atomic E-state index is 13.6. The van der Waals surface area contributed by atoms with E-state index in [-0.39, 0.29) is 43.1 Å². The zero-order valence-corrected chi connectivity index (χ0v) is 17.4. The number of piperidine rings is 1. The summed E-state index contributed by atoms with van der Waals surface area (Å²) >= 11 is 6.19. The van der Waals surface area contributed by atoms with Gasteiger partial charge in [0.2, 0.25) is 0 Å². The van der Waals surface area contributed by atoms with Crippen LogP contribution < -0.4 is 10.1 Å². The summed E-state index contributed by atoms with van der Waals surface area (Å²) in [7, 11) is 1.42. The van der Waals surface area contributed by atoms with Crippen LogP contribution in [0, 0.1) is 0 Å². The van der Waals surface area contributed by atoms with Crippen LogP contribution in [0.4, 0.5) is 17.6 Å². The molecule has 0 spiro atoms. The molecule has 1 unspecified atom stereocenters. The maximum absolute atomic E-state index is 13.6. The molecular weight excluding hydrogens is 440 g/mol. The first-order valence-electron chi connectivity index (χ1n) is 9.54. The minimum atomic E-state index is -2.82. The quantitative estimate of drug-likeness (QED) is 0.625. The molecule has 0 radical (unpaired) electrons. The highest BCUT2D eigenvalue weighted by Gasteiger charge is 2.37. The normalized spacial score (nSPS) is 17.4. The van der Waals surface area contributed by atoms with Gasteiger partial charge in [0.05, 0.1) is 23.7 Å². The van der Waals surface area contributed by atoms with E-state index in [0.717, 1.165) is 0 Å². The van der Waals surface area contributed by atoms with Crippen molar-refractivity contribution >= 4 is 17.5 Å². The Bertz CT molecular complexity index is 905. The Morgan fingerprint density at radius 2 is 1.90 bits per heavy atom. The number of nitrogens with one attached hydrogen (secondary N) is 1. The van der Waals surface area contributed by atoms with Crippen molar-refractivity contribution in [2.75, 3.05) is 26.7 Å². The second kappa shape index (κ2) is 9.78. The average Bonchev–Trinajstić information content (AvgIpc) is 2.75. The number of rotatable bonds is 7. The lowest BCUT2D eigenvalue weighted by molar-refractivity contribution is -0.0632. The van der Waals surface area contributed by atoms with Crippen molar-refractivity contribution in [1.82, 2.24) is 20.2 Å². The molecule has 11 heteroatoms. The molecule has 1 aromatic carbocycles. The smallest absolute Gasteiger partial charge is 0.297 e. The number of amides is 1. The van der Waals surface area contributed by atoms with Crippen molar-refractivity contribution in [2.24, 2.45) is 0 Å². The van der Waals surface area contributed by atoms with Crippen molar-refractivity contribution in [3.8, 4) is 5.75 Å². The van der Waals surface area contributed by atoms with Crippen LogP contribution in [0.15, 0.2) is 30.6 Å². The molecule has 0 aliphatic carbocycles. The number of benzene rings is 1. The summed E-state index contributed by atoms with van der Waals surface area (Å²) in [5.41, 5.74) is 0.626. The molecule has 31 heavy (non-hydrogen) atoms. The largest absolute Gasteiger partial charge is 0.495 e. The molecule has 3 rings (SSSR count). The van der Waals surface area contributed by atoms with Crippen LogP contribution in [0.5, 0.6) is 5.75 Å². The number of carbonyl (C=O) groups is 1. The molecule has 1 amide bonds. The molecule has 1 atom stereocenters. The Hall–Kier alpha value is -2.46. The van der Waals surface area contributed by atoms with Gasteiger partial charge in [-0.05, 0) is 12.1 Å². The summed E-state index contributed by atoms with van der Waals surface area (Å²) in [5.74, 6) is -3.53. The number of carbonyl (C=O) groups excluding carboxylic acids is 1. The van der Waals surface area contributed by atoms with Crippen LogP contribution in [0.3, 0.4) is 0 Å². The van der Waals surface area contributed by atoms with E-state index in [1.165, 1.54) is 25.6 Å². The van der Waals surface area contributed by atoms with Gasteiger partial charge >= 0.3 is 0 Å². The van der Waals surface area contributed by atoms with Crippen molar-refractivity contribution < 1.29 is 27.1 Å². The van der Waals surface area contributed by atoms with Gasteiger partial charge in [-0.1, -0.05) is 17.7 Å². The van der Waals surface area contributed by atoms with E-state index in [1.54, 1.807) is 17.0 Å². The number of aromatic nitrogens is 2. The fraction of sp³-hybridized carbons (Fsp3) is 0.450. The van der Waals surface area contributed by atoms with Gasteiger partial charge in [0, 0.05) is 50.4 Å². The van der Waals surface area contributed by atoms with Gasteiger partial charge in [0.25, 0.3) is 18.3 Å². The van der Waals surface area contributed by atoms with Crippen LogP contribution in [0.2, 0.25) is 5.02 Å². The lowest BCUT2D eigenvalue weighted by Gasteiger charge is -2.37. The van der Waals surface area contributed by atoms with Crippen molar-refractivity contribution in [3.63, 3.8) is 0 Å².